The van der Waals surface area contributed by atoms with Gasteiger partial charge in [-0.2, -0.15) is 0 Å². The smallest absolute Gasteiger partial charge is 0.224 e. The third-order valence-corrected chi connectivity index (χ3v) is 1.64. The second kappa shape index (κ2) is 3.96. The quantitative estimate of drug-likeness (QED) is 0.641. The number of amides is 1. The zero-order valence-corrected chi connectivity index (χ0v) is 8.33. The molecule has 0 aliphatic rings. The summed E-state index contributed by atoms with van der Waals surface area (Å²) in [7, 11) is 0. The van der Waals surface area contributed by atoms with Crippen LogP contribution in [0.5, 0.6) is 0 Å². The van der Waals surface area contributed by atoms with Crippen LogP contribution in [0.4, 0.5) is 0 Å². The molecule has 0 unspecified atom stereocenters. The molecular weight excluding hydrogens is 162 g/mol. The van der Waals surface area contributed by atoms with Gasteiger partial charge in [0, 0.05) is 17.3 Å². The molecule has 1 atom stereocenters. The van der Waals surface area contributed by atoms with Crippen LogP contribution in [0.3, 0.4) is 0 Å². The van der Waals surface area contributed by atoms with Crippen molar-refractivity contribution in [2.75, 3.05) is 5.88 Å². The van der Waals surface area contributed by atoms with Gasteiger partial charge in [0.05, 0.1) is 0 Å². The van der Waals surface area contributed by atoms with Crippen molar-refractivity contribution in [1.82, 2.24) is 5.32 Å². The Hall–Kier alpha value is -0.240. The van der Waals surface area contributed by atoms with Gasteiger partial charge in [-0.05, 0) is 20.8 Å². The first-order valence-corrected chi connectivity index (χ1v) is 4.28. The predicted octanol–water partition coefficient (Wildman–Crippen LogP) is 1.78. The summed E-state index contributed by atoms with van der Waals surface area (Å²) in [5.41, 5.74) is -0.155. The van der Waals surface area contributed by atoms with Crippen molar-refractivity contribution in [2.45, 2.75) is 33.2 Å². The van der Waals surface area contributed by atoms with Crippen molar-refractivity contribution < 1.29 is 4.79 Å². The maximum atomic E-state index is 11.2. The zero-order valence-electron chi connectivity index (χ0n) is 7.57. The molecule has 0 spiro atoms. The van der Waals surface area contributed by atoms with E-state index in [0.717, 1.165) is 0 Å². The van der Waals surface area contributed by atoms with Gasteiger partial charge in [0.2, 0.25) is 5.91 Å². The summed E-state index contributed by atoms with van der Waals surface area (Å²) in [5.74, 6) is 0.297. The van der Waals surface area contributed by atoms with Crippen molar-refractivity contribution in [3.63, 3.8) is 0 Å². The molecule has 66 valence electrons. The molecule has 0 aromatic carbocycles. The molecule has 0 bridgehead atoms. The van der Waals surface area contributed by atoms with Gasteiger partial charge in [0.25, 0.3) is 0 Å². The number of hydrogen-bond donors (Lipinski definition) is 1. The highest BCUT2D eigenvalue weighted by Crippen LogP contribution is 2.03. The van der Waals surface area contributed by atoms with Gasteiger partial charge in [-0.1, -0.05) is 6.92 Å². The molecule has 0 radical (unpaired) electrons. The Morgan fingerprint density at radius 3 is 2.27 bits per heavy atom. The van der Waals surface area contributed by atoms with Crippen molar-refractivity contribution in [1.29, 1.82) is 0 Å². The molecular formula is C8H16ClNO. The Labute approximate surface area is 73.3 Å². The van der Waals surface area contributed by atoms with Crippen LogP contribution in [0.15, 0.2) is 0 Å². The fraction of sp³-hybridized carbons (Fsp3) is 0.875. The zero-order chi connectivity index (χ0) is 9.07. The molecule has 11 heavy (non-hydrogen) atoms. The van der Waals surface area contributed by atoms with E-state index in [0.29, 0.717) is 5.88 Å². The molecule has 0 rings (SSSR count). The van der Waals surface area contributed by atoms with E-state index in [9.17, 15) is 4.79 Å². The van der Waals surface area contributed by atoms with Gasteiger partial charge in [-0.3, -0.25) is 4.79 Å². The van der Waals surface area contributed by atoms with E-state index in [1.165, 1.54) is 0 Å². The summed E-state index contributed by atoms with van der Waals surface area (Å²) in [6.45, 7) is 7.66. The standard InChI is InChI=1S/C8H16ClNO/c1-6(5-9)7(11)10-8(2,3)4/h6H,5H2,1-4H3,(H,10,11)/t6-/m0/s1. The molecule has 1 amide bonds. The topological polar surface area (TPSA) is 29.1 Å². The van der Waals surface area contributed by atoms with Crippen LogP contribution in [0.2, 0.25) is 0 Å². The Bertz CT molecular complexity index is 140. The Morgan fingerprint density at radius 1 is 1.55 bits per heavy atom. The van der Waals surface area contributed by atoms with E-state index in [-0.39, 0.29) is 17.4 Å². The lowest BCUT2D eigenvalue weighted by atomic mass is 10.1. The average Bonchev–Trinajstić information content (AvgIpc) is 1.82. The number of carbonyl (C=O) groups excluding carboxylic acids is 1. The molecule has 2 nitrogen and oxygen atoms in total. The summed E-state index contributed by atoms with van der Waals surface area (Å²) >= 11 is 5.51. The highest BCUT2D eigenvalue weighted by atomic mass is 35.5. The van der Waals surface area contributed by atoms with E-state index in [1.54, 1.807) is 0 Å². The summed E-state index contributed by atoms with van der Waals surface area (Å²) in [6.07, 6.45) is 0. The number of halogens is 1. The Morgan fingerprint density at radius 2 is 2.00 bits per heavy atom. The maximum Gasteiger partial charge on any atom is 0.224 e. The van der Waals surface area contributed by atoms with Crippen molar-refractivity contribution >= 4 is 17.5 Å². The maximum absolute atomic E-state index is 11.2. The third kappa shape index (κ3) is 5.08. The largest absolute Gasteiger partial charge is 0.351 e. The normalized spacial score (nSPS) is 14.3. The lowest BCUT2D eigenvalue weighted by Gasteiger charge is -2.22. The number of nitrogens with one attached hydrogen (secondary N) is 1. The first-order valence-electron chi connectivity index (χ1n) is 3.75. The number of hydrogen-bond acceptors (Lipinski definition) is 1. The van der Waals surface area contributed by atoms with Gasteiger partial charge in [-0.15, -0.1) is 11.6 Å². The van der Waals surface area contributed by atoms with Crippen LogP contribution >= 0.6 is 11.6 Å². The molecule has 0 aromatic rings. The van der Waals surface area contributed by atoms with Gasteiger partial charge in [0.15, 0.2) is 0 Å². The van der Waals surface area contributed by atoms with Crippen LogP contribution < -0.4 is 5.32 Å². The van der Waals surface area contributed by atoms with Gasteiger partial charge in [0.1, 0.15) is 0 Å². The molecule has 0 aliphatic carbocycles. The molecule has 0 saturated heterocycles. The number of carbonyl (C=O) groups is 1. The SMILES string of the molecule is C[C@@H](CCl)C(=O)NC(C)(C)C. The molecule has 0 aromatic heterocycles. The predicted molar refractivity (Wildman–Crippen MR) is 47.8 cm³/mol. The Kier molecular flexibility index (Phi) is 3.87. The highest BCUT2D eigenvalue weighted by molar-refractivity contribution is 6.19. The van der Waals surface area contributed by atoms with Crippen LogP contribution in [0, 0.1) is 5.92 Å². The lowest BCUT2D eigenvalue weighted by molar-refractivity contribution is -0.125. The molecule has 0 fully saturated rings. The first-order chi connectivity index (χ1) is 4.87. The number of alkyl halides is 1. The van der Waals surface area contributed by atoms with Crippen molar-refractivity contribution in [2.24, 2.45) is 5.92 Å². The fourth-order valence-corrected chi connectivity index (χ4v) is 0.703. The summed E-state index contributed by atoms with van der Waals surface area (Å²) in [4.78, 5) is 11.2. The minimum absolute atomic E-state index is 0.0208. The molecule has 3 heteroatoms. The highest BCUT2D eigenvalue weighted by Gasteiger charge is 2.17. The van der Waals surface area contributed by atoms with Gasteiger partial charge in [-0.25, -0.2) is 0 Å². The van der Waals surface area contributed by atoms with E-state index in [1.807, 2.05) is 27.7 Å². The van der Waals surface area contributed by atoms with Crippen LogP contribution in [-0.2, 0) is 4.79 Å². The summed E-state index contributed by atoms with van der Waals surface area (Å²) in [6, 6.07) is 0. The minimum Gasteiger partial charge on any atom is -0.351 e. The number of rotatable bonds is 2. The molecule has 0 saturated carbocycles. The van der Waals surface area contributed by atoms with Crippen LogP contribution in [0.25, 0.3) is 0 Å². The van der Waals surface area contributed by atoms with Gasteiger partial charge >= 0.3 is 0 Å². The van der Waals surface area contributed by atoms with E-state index in [2.05, 4.69) is 5.32 Å². The monoisotopic (exact) mass is 177 g/mol. The average molecular weight is 178 g/mol. The van der Waals surface area contributed by atoms with E-state index >= 15 is 0 Å². The van der Waals surface area contributed by atoms with Gasteiger partial charge < -0.3 is 5.32 Å². The summed E-state index contributed by atoms with van der Waals surface area (Å²) < 4.78 is 0. The lowest BCUT2D eigenvalue weighted by Crippen LogP contribution is -2.43. The second-order valence-corrected chi connectivity index (χ2v) is 4.10. The third-order valence-electron chi connectivity index (χ3n) is 1.18. The van der Waals surface area contributed by atoms with Crippen LogP contribution in [0.1, 0.15) is 27.7 Å². The first kappa shape index (κ1) is 10.8. The van der Waals surface area contributed by atoms with E-state index in [4.69, 9.17) is 11.6 Å². The molecule has 1 N–H and O–H groups in total. The summed E-state index contributed by atoms with van der Waals surface area (Å²) in [5, 5.41) is 2.85. The van der Waals surface area contributed by atoms with Crippen LogP contribution in [-0.4, -0.2) is 17.3 Å². The molecule has 0 aliphatic heterocycles. The minimum atomic E-state index is -0.155. The Balaban J connectivity index is 3.88. The van der Waals surface area contributed by atoms with Crippen molar-refractivity contribution in [3.8, 4) is 0 Å². The molecule has 0 heterocycles. The van der Waals surface area contributed by atoms with E-state index < -0.39 is 0 Å². The second-order valence-electron chi connectivity index (χ2n) is 3.79. The fourth-order valence-electron chi connectivity index (χ4n) is 0.563. The van der Waals surface area contributed by atoms with Crippen molar-refractivity contribution in [3.05, 3.63) is 0 Å².